The topological polar surface area (TPSA) is 67.5 Å². The zero-order valence-corrected chi connectivity index (χ0v) is 15.1. The molecule has 1 amide bonds. The van der Waals surface area contributed by atoms with Gasteiger partial charge >= 0.3 is 0 Å². The van der Waals surface area contributed by atoms with Gasteiger partial charge in [0.25, 0.3) is 5.91 Å². The fourth-order valence-electron chi connectivity index (χ4n) is 5.08. The SMILES string of the molecule is C[C@@H]1Cc2c(C(=O)N3CC4(CCC4)OC4(CCC4)C3)n[nH]c2[C@H](C)O1. The Labute approximate surface area is 148 Å². The Balaban J connectivity index is 1.44. The van der Waals surface area contributed by atoms with Crippen LogP contribution in [0, 0.1) is 0 Å². The van der Waals surface area contributed by atoms with Crippen molar-refractivity contribution in [2.75, 3.05) is 13.1 Å². The first kappa shape index (κ1) is 15.8. The smallest absolute Gasteiger partial charge is 0.274 e. The average Bonchev–Trinajstić information content (AvgIpc) is 2.94. The summed E-state index contributed by atoms with van der Waals surface area (Å²) in [6.07, 6.45) is 7.58. The van der Waals surface area contributed by atoms with Crippen LogP contribution in [0.15, 0.2) is 0 Å². The number of hydrogen-bond acceptors (Lipinski definition) is 4. The second-order valence-corrected chi connectivity index (χ2v) is 8.59. The second-order valence-electron chi connectivity index (χ2n) is 8.59. The molecule has 136 valence electrons. The Morgan fingerprint density at radius 3 is 2.36 bits per heavy atom. The Morgan fingerprint density at radius 2 is 1.80 bits per heavy atom. The van der Waals surface area contributed by atoms with E-state index < -0.39 is 0 Å². The minimum Gasteiger partial charge on any atom is -0.369 e. The molecule has 4 aliphatic rings. The third-order valence-corrected chi connectivity index (χ3v) is 6.64. The summed E-state index contributed by atoms with van der Waals surface area (Å²) in [6, 6.07) is 0. The molecule has 2 atom stereocenters. The summed E-state index contributed by atoms with van der Waals surface area (Å²) in [5, 5.41) is 7.46. The summed E-state index contributed by atoms with van der Waals surface area (Å²) in [5.41, 5.74) is 2.44. The van der Waals surface area contributed by atoms with Crippen LogP contribution in [0.5, 0.6) is 0 Å². The van der Waals surface area contributed by atoms with Crippen LogP contribution in [-0.2, 0) is 15.9 Å². The van der Waals surface area contributed by atoms with Crippen LogP contribution in [0.3, 0.4) is 0 Å². The van der Waals surface area contributed by atoms with E-state index in [1.807, 2.05) is 11.8 Å². The van der Waals surface area contributed by atoms with E-state index in [1.165, 1.54) is 12.8 Å². The number of nitrogens with one attached hydrogen (secondary N) is 1. The number of aromatic amines is 1. The van der Waals surface area contributed by atoms with Crippen molar-refractivity contribution in [1.29, 1.82) is 0 Å². The number of H-pyrrole nitrogens is 1. The van der Waals surface area contributed by atoms with E-state index in [0.29, 0.717) is 5.69 Å². The lowest BCUT2D eigenvalue weighted by molar-refractivity contribution is -0.257. The van der Waals surface area contributed by atoms with Crippen molar-refractivity contribution in [2.24, 2.45) is 0 Å². The van der Waals surface area contributed by atoms with Gasteiger partial charge in [0.2, 0.25) is 0 Å². The van der Waals surface area contributed by atoms with Crippen LogP contribution < -0.4 is 0 Å². The summed E-state index contributed by atoms with van der Waals surface area (Å²) in [7, 11) is 0. The number of nitrogens with zero attached hydrogens (tertiary/aromatic N) is 2. The number of aromatic nitrogens is 2. The number of carbonyl (C=O) groups is 1. The molecule has 25 heavy (non-hydrogen) atoms. The number of hydrogen-bond donors (Lipinski definition) is 1. The van der Waals surface area contributed by atoms with Gasteiger partial charge in [-0.2, -0.15) is 5.10 Å². The van der Waals surface area contributed by atoms with Crippen molar-refractivity contribution in [1.82, 2.24) is 15.1 Å². The van der Waals surface area contributed by atoms with E-state index in [4.69, 9.17) is 9.47 Å². The van der Waals surface area contributed by atoms with Crippen molar-refractivity contribution >= 4 is 5.91 Å². The second kappa shape index (κ2) is 5.30. The Hall–Kier alpha value is -1.40. The predicted molar refractivity (Wildman–Crippen MR) is 91.4 cm³/mol. The van der Waals surface area contributed by atoms with Gasteiger partial charge < -0.3 is 14.4 Å². The average molecular weight is 345 g/mol. The first-order valence-corrected chi connectivity index (χ1v) is 9.71. The normalized spacial score (nSPS) is 32.2. The third kappa shape index (κ3) is 2.37. The monoisotopic (exact) mass is 345 g/mol. The lowest BCUT2D eigenvalue weighted by Crippen LogP contribution is -2.67. The van der Waals surface area contributed by atoms with Crippen LogP contribution in [0.1, 0.15) is 80.2 Å². The van der Waals surface area contributed by atoms with Gasteiger partial charge in [-0.1, -0.05) is 0 Å². The lowest BCUT2D eigenvalue weighted by atomic mass is 9.72. The molecule has 5 rings (SSSR count). The lowest BCUT2D eigenvalue weighted by Gasteiger charge is -2.59. The molecule has 6 nitrogen and oxygen atoms in total. The molecule has 6 heteroatoms. The molecule has 1 N–H and O–H groups in total. The van der Waals surface area contributed by atoms with Crippen LogP contribution in [-0.4, -0.2) is 51.4 Å². The van der Waals surface area contributed by atoms with E-state index in [0.717, 1.165) is 56.5 Å². The quantitative estimate of drug-likeness (QED) is 0.850. The highest BCUT2D eigenvalue weighted by Crippen LogP contribution is 2.49. The van der Waals surface area contributed by atoms with Crippen molar-refractivity contribution < 1.29 is 14.3 Å². The number of amides is 1. The Morgan fingerprint density at radius 1 is 1.16 bits per heavy atom. The van der Waals surface area contributed by atoms with E-state index in [2.05, 4.69) is 17.1 Å². The zero-order chi connectivity index (χ0) is 17.2. The maximum Gasteiger partial charge on any atom is 0.274 e. The summed E-state index contributed by atoms with van der Waals surface area (Å²) < 4.78 is 12.4. The highest BCUT2D eigenvalue weighted by Gasteiger charge is 2.55. The third-order valence-electron chi connectivity index (χ3n) is 6.64. The Kier molecular flexibility index (Phi) is 3.36. The van der Waals surface area contributed by atoms with Gasteiger partial charge in [0.15, 0.2) is 5.69 Å². The summed E-state index contributed by atoms with van der Waals surface area (Å²) in [6.45, 7) is 5.51. The van der Waals surface area contributed by atoms with Crippen LogP contribution >= 0.6 is 0 Å². The van der Waals surface area contributed by atoms with Gasteiger partial charge in [0.05, 0.1) is 42.2 Å². The van der Waals surface area contributed by atoms with Gasteiger partial charge in [-0.05, 0) is 52.4 Å². The number of carbonyl (C=O) groups excluding carboxylic acids is 1. The number of fused-ring (bicyclic) bond motifs is 1. The van der Waals surface area contributed by atoms with Crippen LogP contribution in [0.25, 0.3) is 0 Å². The summed E-state index contributed by atoms with van der Waals surface area (Å²) in [5.74, 6) is 0.0691. The first-order chi connectivity index (χ1) is 12.0. The molecule has 0 bridgehead atoms. The molecule has 0 unspecified atom stereocenters. The molecule has 2 aliphatic carbocycles. The maximum absolute atomic E-state index is 13.3. The maximum atomic E-state index is 13.3. The molecule has 0 aromatic carbocycles. The minimum absolute atomic E-state index is 0.0339. The van der Waals surface area contributed by atoms with E-state index in [1.54, 1.807) is 0 Å². The van der Waals surface area contributed by atoms with Crippen molar-refractivity contribution in [3.8, 4) is 0 Å². The summed E-state index contributed by atoms with van der Waals surface area (Å²) in [4.78, 5) is 15.4. The molecule has 1 aromatic rings. The molecule has 2 spiro atoms. The van der Waals surface area contributed by atoms with Crippen molar-refractivity contribution in [3.63, 3.8) is 0 Å². The fraction of sp³-hybridized carbons (Fsp3) is 0.789. The number of morpholine rings is 1. The zero-order valence-electron chi connectivity index (χ0n) is 15.1. The highest BCUT2D eigenvalue weighted by molar-refractivity contribution is 5.94. The fourth-order valence-corrected chi connectivity index (χ4v) is 5.08. The molecule has 3 fully saturated rings. The molecule has 2 aliphatic heterocycles. The standard InChI is InChI=1S/C19H27N3O3/c1-12-9-14-15(13(2)24-12)20-21-16(14)17(23)22-10-18(5-3-6-18)25-19(11-22)7-4-8-19/h12-13H,3-11H2,1-2H3,(H,20,21)/t12-,13+/m1/s1. The van der Waals surface area contributed by atoms with Crippen LogP contribution in [0.4, 0.5) is 0 Å². The Bertz CT molecular complexity index is 683. The van der Waals surface area contributed by atoms with Gasteiger partial charge in [-0.15, -0.1) is 0 Å². The van der Waals surface area contributed by atoms with Gasteiger partial charge in [-0.3, -0.25) is 9.89 Å². The number of ether oxygens (including phenoxy) is 2. The molecule has 1 saturated heterocycles. The molecule has 2 saturated carbocycles. The molecule has 3 heterocycles. The first-order valence-electron chi connectivity index (χ1n) is 9.71. The van der Waals surface area contributed by atoms with Crippen molar-refractivity contribution in [3.05, 3.63) is 17.0 Å². The minimum atomic E-state index is -0.0889. The van der Waals surface area contributed by atoms with E-state index in [9.17, 15) is 4.79 Å². The van der Waals surface area contributed by atoms with Crippen LogP contribution in [0.2, 0.25) is 0 Å². The highest BCUT2D eigenvalue weighted by atomic mass is 16.5. The van der Waals surface area contributed by atoms with Crippen molar-refractivity contribution in [2.45, 2.75) is 82.2 Å². The number of rotatable bonds is 1. The van der Waals surface area contributed by atoms with Gasteiger partial charge in [-0.25, -0.2) is 0 Å². The molecular weight excluding hydrogens is 318 g/mol. The molecule has 0 radical (unpaired) electrons. The van der Waals surface area contributed by atoms with E-state index >= 15 is 0 Å². The summed E-state index contributed by atoms with van der Waals surface area (Å²) >= 11 is 0. The predicted octanol–water partition coefficient (Wildman–Crippen LogP) is 2.75. The largest absolute Gasteiger partial charge is 0.369 e. The van der Waals surface area contributed by atoms with E-state index in [-0.39, 0.29) is 29.3 Å². The molecule has 1 aromatic heterocycles. The molecular formula is C19H27N3O3. The van der Waals surface area contributed by atoms with Gasteiger partial charge in [0.1, 0.15) is 0 Å². The van der Waals surface area contributed by atoms with Gasteiger partial charge in [0, 0.05) is 12.0 Å².